The number of hydrogen-bond acceptors (Lipinski definition) is 4. The number of aromatic nitrogens is 3. The molecule has 0 atom stereocenters. The van der Waals surface area contributed by atoms with Crippen molar-refractivity contribution >= 4 is 19.3 Å². The number of imidazole rings is 1. The van der Waals surface area contributed by atoms with Gasteiger partial charge in [-0.05, 0) is 0 Å². The van der Waals surface area contributed by atoms with Crippen LogP contribution in [-0.4, -0.2) is 29.5 Å². The monoisotopic (exact) mass is 176 g/mol. The van der Waals surface area contributed by atoms with Gasteiger partial charge in [0.05, 0.1) is 7.11 Å². The molecule has 6 heteroatoms. The number of rotatable bonds is 2. The van der Waals surface area contributed by atoms with E-state index < -0.39 is 0 Å². The largest absolute Gasteiger partial charge is 0.479 e. The Kier molecular flexibility index (Phi) is 1.81. The zero-order chi connectivity index (χ0) is 9.26. The molecular weight excluding hydrogens is 167 g/mol. The van der Waals surface area contributed by atoms with Gasteiger partial charge >= 0.3 is 0 Å². The molecule has 0 aliphatic heterocycles. The number of fused-ring (bicyclic) bond motifs is 1. The van der Waals surface area contributed by atoms with Crippen LogP contribution >= 0.6 is 0 Å². The van der Waals surface area contributed by atoms with Gasteiger partial charge in [0.1, 0.15) is 12.1 Å². The van der Waals surface area contributed by atoms with Crippen molar-refractivity contribution in [1.82, 2.24) is 14.4 Å². The Morgan fingerprint density at radius 1 is 1.54 bits per heavy atom. The summed E-state index contributed by atoms with van der Waals surface area (Å²) < 4.78 is 6.98. The van der Waals surface area contributed by atoms with Gasteiger partial charge < -0.3 is 9.96 Å². The first kappa shape index (κ1) is 7.91. The molecule has 5 nitrogen and oxygen atoms in total. The lowest BCUT2D eigenvalue weighted by Gasteiger charge is -2.02. The molecule has 66 valence electrons. The molecule has 0 aliphatic carbocycles. The molecule has 2 rings (SSSR count). The van der Waals surface area contributed by atoms with E-state index >= 15 is 0 Å². The van der Waals surface area contributed by atoms with Crippen LogP contribution < -0.4 is 9.96 Å². The molecule has 0 aromatic carbocycles. The Morgan fingerprint density at radius 2 is 2.38 bits per heavy atom. The molecule has 0 fully saturated rings. The Morgan fingerprint density at radius 3 is 3.08 bits per heavy atom. The molecule has 0 saturated heterocycles. The van der Waals surface area contributed by atoms with Crippen molar-refractivity contribution < 1.29 is 4.74 Å². The van der Waals surface area contributed by atoms with E-state index in [-0.39, 0.29) is 0 Å². The zero-order valence-electron chi connectivity index (χ0n) is 7.48. The summed E-state index contributed by atoms with van der Waals surface area (Å²) in [5.74, 6) is 1.34. The molecule has 2 aromatic rings. The average Bonchev–Trinajstić information content (AvgIpc) is 2.60. The van der Waals surface area contributed by atoms with Crippen LogP contribution in [0.1, 0.15) is 0 Å². The van der Waals surface area contributed by atoms with Gasteiger partial charge in [-0.1, -0.05) is 0 Å². The number of nitrogens with zero attached hydrogens (tertiary/aromatic N) is 3. The minimum Gasteiger partial charge on any atom is -0.479 e. The van der Waals surface area contributed by atoms with Crippen LogP contribution in [0.4, 0.5) is 5.82 Å². The third-order valence-corrected chi connectivity index (χ3v) is 1.85. The second kappa shape index (κ2) is 2.97. The Balaban J connectivity index is 2.76. The summed E-state index contributed by atoms with van der Waals surface area (Å²) >= 11 is 0. The molecule has 0 amide bonds. The van der Waals surface area contributed by atoms with E-state index in [1.165, 1.54) is 0 Å². The van der Waals surface area contributed by atoms with Crippen LogP contribution in [0.3, 0.4) is 0 Å². The maximum absolute atomic E-state index is 5.12. The maximum Gasteiger partial charge on any atom is 0.241 e. The molecule has 0 aliphatic rings. The van der Waals surface area contributed by atoms with Crippen molar-refractivity contribution in [3.05, 3.63) is 18.7 Å². The molecule has 0 bridgehead atoms. The lowest BCUT2D eigenvalue weighted by Crippen LogP contribution is -1.96. The van der Waals surface area contributed by atoms with E-state index in [1.807, 2.05) is 18.6 Å². The van der Waals surface area contributed by atoms with E-state index in [0.29, 0.717) is 5.88 Å². The van der Waals surface area contributed by atoms with Gasteiger partial charge in [-0.3, -0.25) is 4.40 Å². The van der Waals surface area contributed by atoms with Crippen LogP contribution in [0, 0.1) is 0 Å². The third-order valence-electron chi connectivity index (χ3n) is 1.85. The van der Waals surface area contributed by atoms with Crippen LogP contribution in [0.5, 0.6) is 5.88 Å². The Bertz CT molecular complexity index is 427. The summed E-state index contributed by atoms with van der Waals surface area (Å²) in [5, 5.41) is 2.97. The van der Waals surface area contributed by atoms with E-state index in [0.717, 1.165) is 11.3 Å². The average molecular weight is 176 g/mol. The molecule has 0 unspecified atom stereocenters. The standard InChI is InChI=1S/C7H9BN4O/c1-13-7-5-6(11-8)10-4-12(5)3-2-9-7/h2-4,11H,8H2,1H3. The van der Waals surface area contributed by atoms with Gasteiger partial charge in [-0.15, -0.1) is 0 Å². The van der Waals surface area contributed by atoms with Gasteiger partial charge in [0.2, 0.25) is 13.9 Å². The van der Waals surface area contributed by atoms with Crippen LogP contribution in [-0.2, 0) is 0 Å². The molecule has 0 radical (unpaired) electrons. The van der Waals surface area contributed by atoms with Gasteiger partial charge in [-0.25, -0.2) is 9.97 Å². The maximum atomic E-state index is 5.12. The highest BCUT2D eigenvalue weighted by molar-refractivity contribution is 6.17. The second-order valence-electron chi connectivity index (χ2n) is 2.54. The second-order valence-corrected chi connectivity index (χ2v) is 2.54. The summed E-state index contributed by atoms with van der Waals surface area (Å²) in [6.07, 6.45) is 5.21. The predicted octanol–water partition coefficient (Wildman–Crippen LogP) is -0.302. The minimum atomic E-state index is 0.573. The molecule has 1 N–H and O–H groups in total. The topological polar surface area (TPSA) is 51.5 Å². The first-order valence-corrected chi connectivity index (χ1v) is 3.90. The Labute approximate surface area is 76.2 Å². The highest BCUT2D eigenvalue weighted by Gasteiger charge is 2.08. The lowest BCUT2D eigenvalue weighted by molar-refractivity contribution is 0.401. The number of ether oxygens (including phenoxy) is 1. The van der Waals surface area contributed by atoms with E-state index in [1.54, 1.807) is 19.6 Å². The van der Waals surface area contributed by atoms with Gasteiger partial charge in [-0.2, -0.15) is 0 Å². The van der Waals surface area contributed by atoms with Crippen molar-refractivity contribution in [3.63, 3.8) is 0 Å². The highest BCUT2D eigenvalue weighted by atomic mass is 16.5. The van der Waals surface area contributed by atoms with Crippen molar-refractivity contribution in [2.75, 3.05) is 12.3 Å². The summed E-state index contributed by atoms with van der Waals surface area (Å²) in [6, 6.07) is 0. The molecular formula is C7H9BN4O. The predicted molar refractivity (Wildman–Crippen MR) is 51.7 cm³/mol. The number of anilines is 1. The fourth-order valence-electron chi connectivity index (χ4n) is 1.25. The quantitative estimate of drug-likeness (QED) is 0.638. The fourth-order valence-corrected chi connectivity index (χ4v) is 1.25. The van der Waals surface area contributed by atoms with Crippen molar-refractivity contribution in [1.29, 1.82) is 0 Å². The molecule has 2 heterocycles. The smallest absolute Gasteiger partial charge is 0.241 e. The van der Waals surface area contributed by atoms with Crippen molar-refractivity contribution in [2.24, 2.45) is 0 Å². The van der Waals surface area contributed by atoms with Gasteiger partial charge in [0.15, 0.2) is 5.52 Å². The Hall–Kier alpha value is -1.72. The van der Waals surface area contributed by atoms with Crippen LogP contribution in [0.15, 0.2) is 18.7 Å². The summed E-state index contributed by atoms with van der Waals surface area (Å²) in [4.78, 5) is 8.24. The molecule has 0 saturated carbocycles. The number of nitrogens with one attached hydrogen (secondary N) is 1. The fraction of sp³-hybridized carbons (Fsp3) is 0.143. The van der Waals surface area contributed by atoms with Crippen molar-refractivity contribution in [3.8, 4) is 5.88 Å². The first-order chi connectivity index (χ1) is 6.36. The van der Waals surface area contributed by atoms with Crippen LogP contribution in [0.25, 0.3) is 5.52 Å². The zero-order valence-corrected chi connectivity index (χ0v) is 7.48. The summed E-state index contributed by atoms with van der Waals surface area (Å²) in [6.45, 7) is 0. The first-order valence-electron chi connectivity index (χ1n) is 3.90. The van der Waals surface area contributed by atoms with E-state index in [4.69, 9.17) is 4.74 Å². The van der Waals surface area contributed by atoms with Gasteiger partial charge in [0.25, 0.3) is 0 Å². The SMILES string of the molecule is BNc1ncn2ccnc(OC)c12. The van der Waals surface area contributed by atoms with Gasteiger partial charge in [0, 0.05) is 12.4 Å². The minimum absolute atomic E-state index is 0.573. The molecule has 0 spiro atoms. The highest BCUT2D eigenvalue weighted by Crippen LogP contribution is 2.22. The third kappa shape index (κ3) is 1.10. The molecule has 13 heavy (non-hydrogen) atoms. The van der Waals surface area contributed by atoms with Crippen LogP contribution in [0.2, 0.25) is 0 Å². The van der Waals surface area contributed by atoms with E-state index in [9.17, 15) is 0 Å². The normalized spacial score (nSPS) is 10.2. The summed E-state index contributed by atoms with van der Waals surface area (Å²) in [7, 11) is 3.41. The number of hydrogen-bond donors (Lipinski definition) is 1. The van der Waals surface area contributed by atoms with Crippen molar-refractivity contribution in [2.45, 2.75) is 0 Å². The van der Waals surface area contributed by atoms with E-state index in [2.05, 4.69) is 15.2 Å². The molecule has 2 aromatic heterocycles. The summed E-state index contributed by atoms with van der Waals surface area (Å²) in [5.41, 5.74) is 0.854. The lowest BCUT2D eigenvalue weighted by atomic mass is 10.4. The number of methoxy groups -OCH3 is 1.